The Morgan fingerprint density at radius 2 is 2.50 bits per heavy atom. The Bertz CT molecular complexity index is 151. The highest BCUT2D eigenvalue weighted by Crippen LogP contribution is 2.08. The highest BCUT2D eigenvalue weighted by atomic mass is 16.5. The molecule has 0 amide bonds. The molecule has 1 heterocycles. The fourth-order valence-electron chi connectivity index (χ4n) is 1.34. The minimum absolute atomic E-state index is 0.131. The molecule has 70 valence electrons. The van der Waals surface area contributed by atoms with E-state index in [1.54, 1.807) is 0 Å². The van der Waals surface area contributed by atoms with Crippen molar-refractivity contribution in [2.75, 3.05) is 19.7 Å². The fourth-order valence-corrected chi connectivity index (χ4v) is 1.34. The number of ether oxygens (including phenoxy) is 2. The van der Waals surface area contributed by atoms with Gasteiger partial charge >= 0.3 is 0 Å². The van der Waals surface area contributed by atoms with Gasteiger partial charge in [-0.2, -0.15) is 0 Å². The number of nitrogens with zero attached hydrogens (tertiary/aromatic N) is 1. The van der Waals surface area contributed by atoms with E-state index in [0.29, 0.717) is 13.1 Å². The maximum absolute atomic E-state index is 10.1. The van der Waals surface area contributed by atoms with Gasteiger partial charge in [0.15, 0.2) is 6.23 Å². The number of hydrogen-bond donors (Lipinski definition) is 0. The van der Waals surface area contributed by atoms with Crippen LogP contribution in [0, 0.1) is 0 Å². The first-order chi connectivity index (χ1) is 5.74. The van der Waals surface area contributed by atoms with Gasteiger partial charge in [0.1, 0.15) is 0 Å². The van der Waals surface area contributed by atoms with Gasteiger partial charge in [-0.05, 0) is 13.8 Å². The summed E-state index contributed by atoms with van der Waals surface area (Å²) in [6, 6.07) is 0. The van der Waals surface area contributed by atoms with Crippen LogP contribution in [-0.2, 0) is 14.3 Å². The van der Waals surface area contributed by atoms with Crippen molar-refractivity contribution < 1.29 is 14.3 Å². The molecule has 0 aromatic carbocycles. The summed E-state index contributed by atoms with van der Waals surface area (Å²) >= 11 is 0. The van der Waals surface area contributed by atoms with Crippen LogP contribution in [-0.4, -0.2) is 43.4 Å². The summed E-state index contributed by atoms with van der Waals surface area (Å²) in [7, 11) is 0. The summed E-state index contributed by atoms with van der Waals surface area (Å²) in [5.41, 5.74) is 0. The summed E-state index contributed by atoms with van der Waals surface area (Å²) in [6.45, 7) is 6.75. The second-order valence-corrected chi connectivity index (χ2v) is 3.01. The molecule has 12 heavy (non-hydrogen) atoms. The zero-order valence-electron chi connectivity index (χ0n) is 7.53. The third-order valence-corrected chi connectivity index (χ3v) is 2.04. The van der Waals surface area contributed by atoms with Gasteiger partial charge in [0, 0.05) is 13.1 Å². The molecule has 1 aliphatic heterocycles. The van der Waals surface area contributed by atoms with Gasteiger partial charge < -0.3 is 9.47 Å². The lowest BCUT2D eigenvalue weighted by molar-refractivity contribution is -0.149. The van der Waals surface area contributed by atoms with E-state index in [4.69, 9.17) is 9.47 Å². The highest BCUT2D eigenvalue weighted by Gasteiger charge is 2.21. The van der Waals surface area contributed by atoms with Gasteiger partial charge in [0.25, 0.3) is 6.47 Å². The molecule has 0 aliphatic carbocycles. The van der Waals surface area contributed by atoms with Crippen LogP contribution >= 0.6 is 0 Å². The third kappa shape index (κ3) is 2.46. The molecule has 2 unspecified atom stereocenters. The van der Waals surface area contributed by atoms with E-state index in [1.165, 1.54) is 0 Å². The highest BCUT2D eigenvalue weighted by molar-refractivity contribution is 5.37. The Labute approximate surface area is 72.4 Å². The van der Waals surface area contributed by atoms with Gasteiger partial charge in [0.2, 0.25) is 0 Å². The lowest BCUT2D eigenvalue weighted by Gasteiger charge is -2.34. The van der Waals surface area contributed by atoms with Crippen LogP contribution in [0.5, 0.6) is 0 Å². The van der Waals surface area contributed by atoms with Gasteiger partial charge in [-0.25, -0.2) is 0 Å². The van der Waals surface area contributed by atoms with Crippen molar-refractivity contribution in [1.82, 2.24) is 4.90 Å². The van der Waals surface area contributed by atoms with E-state index in [1.807, 2.05) is 13.8 Å². The van der Waals surface area contributed by atoms with Gasteiger partial charge in [-0.15, -0.1) is 0 Å². The molecule has 0 aromatic rings. The molecule has 1 fully saturated rings. The first kappa shape index (κ1) is 9.48. The van der Waals surface area contributed by atoms with Gasteiger partial charge in [-0.1, -0.05) is 0 Å². The molecular formula is C8H15NO3. The third-order valence-electron chi connectivity index (χ3n) is 2.04. The first-order valence-corrected chi connectivity index (χ1v) is 4.19. The Kier molecular flexibility index (Phi) is 3.49. The van der Waals surface area contributed by atoms with E-state index < -0.39 is 0 Å². The Morgan fingerprint density at radius 3 is 3.08 bits per heavy atom. The molecule has 1 saturated heterocycles. The van der Waals surface area contributed by atoms with Crippen molar-refractivity contribution in [1.29, 1.82) is 0 Å². The van der Waals surface area contributed by atoms with Gasteiger partial charge in [0.05, 0.1) is 12.7 Å². The predicted molar refractivity (Wildman–Crippen MR) is 43.6 cm³/mol. The van der Waals surface area contributed by atoms with E-state index >= 15 is 0 Å². The Hall–Kier alpha value is -0.610. The van der Waals surface area contributed by atoms with Crippen LogP contribution in [0.15, 0.2) is 0 Å². The molecule has 0 N–H and O–H groups in total. The van der Waals surface area contributed by atoms with Crippen LogP contribution in [0.3, 0.4) is 0 Å². The summed E-state index contributed by atoms with van der Waals surface area (Å²) in [5.74, 6) is 0. The van der Waals surface area contributed by atoms with Crippen molar-refractivity contribution in [2.45, 2.75) is 26.2 Å². The van der Waals surface area contributed by atoms with Crippen LogP contribution in [0.2, 0.25) is 0 Å². The van der Waals surface area contributed by atoms with Crippen molar-refractivity contribution >= 4 is 6.47 Å². The van der Waals surface area contributed by atoms with Crippen molar-refractivity contribution in [3.05, 3.63) is 0 Å². The summed E-state index contributed by atoms with van der Waals surface area (Å²) in [6.07, 6.45) is 0.102. The lowest BCUT2D eigenvalue weighted by Crippen LogP contribution is -2.46. The molecule has 4 nitrogen and oxygen atoms in total. The summed E-state index contributed by atoms with van der Waals surface area (Å²) in [4.78, 5) is 12.1. The predicted octanol–water partition coefficient (Wildman–Crippen LogP) is 0.226. The normalized spacial score (nSPS) is 28.0. The second-order valence-electron chi connectivity index (χ2n) is 3.01. The molecule has 0 saturated carbocycles. The maximum Gasteiger partial charge on any atom is 0.294 e. The average molecular weight is 173 g/mol. The van der Waals surface area contributed by atoms with E-state index in [0.717, 1.165) is 13.1 Å². The van der Waals surface area contributed by atoms with E-state index in [-0.39, 0.29) is 12.3 Å². The standard InChI is InChI=1S/C8H15NO3/c1-7-5-9(3-4-11-7)8(2)12-6-10/h6-8H,3-5H2,1-2H3. The number of rotatable bonds is 3. The van der Waals surface area contributed by atoms with Crippen molar-refractivity contribution in [3.63, 3.8) is 0 Å². The number of carbonyl (C=O) groups excluding carboxylic acids is 1. The molecule has 4 heteroatoms. The largest absolute Gasteiger partial charge is 0.449 e. The first-order valence-electron chi connectivity index (χ1n) is 4.19. The SMILES string of the molecule is CC1CN(C(C)OC=O)CCO1. The van der Waals surface area contributed by atoms with Crippen LogP contribution in [0.4, 0.5) is 0 Å². The van der Waals surface area contributed by atoms with Crippen molar-refractivity contribution in [3.8, 4) is 0 Å². The molecule has 0 bridgehead atoms. The number of hydrogen-bond acceptors (Lipinski definition) is 4. The molecule has 2 atom stereocenters. The fraction of sp³-hybridized carbons (Fsp3) is 0.875. The molecule has 1 rings (SSSR count). The number of carbonyl (C=O) groups is 1. The molecule has 0 spiro atoms. The van der Waals surface area contributed by atoms with E-state index in [2.05, 4.69) is 4.90 Å². The van der Waals surface area contributed by atoms with Crippen LogP contribution < -0.4 is 0 Å². The zero-order chi connectivity index (χ0) is 8.97. The quantitative estimate of drug-likeness (QED) is 0.572. The second kappa shape index (κ2) is 4.42. The minimum Gasteiger partial charge on any atom is -0.449 e. The van der Waals surface area contributed by atoms with E-state index in [9.17, 15) is 4.79 Å². The Balaban J connectivity index is 2.34. The Morgan fingerprint density at radius 1 is 1.75 bits per heavy atom. The van der Waals surface area contributed by atoms with Gasteiger partial charge in [-0.3, -0.25) is 9.69 Å². The van der Waals surface area contributed by atoms with Crippen LogP contribution in [0.1, 0.15) is 13.8 Å². The average Bonchev–Trinajstić information content (AvgIpc) is 2.05. The molecule has 0 radical (unpaired) electrons. The molecular weight excluding hydrogens is 158 g/mol. The number of morpholine rings is 1. The monoisotopic (exact) mass is 173 g/mol. The van der Waals surface area contributed by atoms with Crippen molar-refractivity contribution in [2.24, 2.45) is 0 Å². The molecule has 0 aromatic heterocycles. The zero-order valence-corrected chi connectivity index (χ0v) is 7.53. The molecule has 1 aliphatic rings. The summed E-state index contributed by atoms with van der Waals surface area (Å²) in [5, 5.41) is 0. The lowest BCUT2D eigenvalue weighted by atomic mass is 10.3. The topological polar surface area (TPSA) is 38.8 Å². The maximum atomic E-state index is 10.1. The summed E-state index contributed by atoms with van der Waals surface area (Å²) < 4.78 is 10.2. The van der Waals surface area contributed by atoms with Crippen LogP contribution in [0.25, 0.3) is 0 Å². The smallest absolute Gasteiger partial charge is 0.294 e. The minimum atomic E-state index is -0.131.